The maximum atomic E-state index is 11.3. The third-order valence-electron chi connectivity index (χ3n) is 2.03. The van der Waals surface area contributed by atoms with Gasteiger partial charge in [0.1, 0.15) is 12.4 Å². The molecule has 0 aliphatic heterocycles. The predicted octanol–water partition coefficient (Wildman–Crippen LogP) is 2.56. The highest BCUT2D eigenvalue weighted by Gasteiger charge is 2.11. The number of carbonyl (C=O) groups excluding carboxylic acids is 1. The number of benzene rings is 1. The fourth-order valence-corrected chi connectivity index (χ4v) is 1.30. The molecule has 0 heterocycles. The van der Waals surface area contributed by atoms with Gasteiger partial charge in [0.05, 0.1) is 11.1 Å². The molecule has 1 N–H and O–H groups in total. The minimum absolute atomic E-state index is 0.0977. The fourth-order valence-electron chi connectivity index (χ4n) is 1.13. The maximum absolute atomic E-state index is 11.3. The van der Waals surface area contributed by atoms with Gasteiger partial charge >= 0.3 is 5.97 Å². The summed E-state index contributed by atoms with van der Waals surface area (Å²) in [6.07, 6.45) is 0. The molecule has 1 rings (SSSR count). The largest absolute Gasteiger partial charge is 0.488 e. The normalized spacial score (nSPS) is 9.76. The molecule has 90 valence electrons. The summed E-state index contributed by atoms with van der Waals surface area (Å²) < 4.78 is 5.22. The van der Waals surface area contributed by atoms with Gasteiger partial charge in [-0.3, -0.25) is 4.79 Å². The molecule has 0 radical (unpaired) electrons. The maximum Gasteiger partial charge on any atom is 0.334 e. The number of ether oxygens (including phenoxy) is 1. The second kappa shape index (κ2) is 5.50. The minimum atomic E-state index is -1.14. The number of hydrogen-bond acceptors (Lipinski definition) is 3. The summed E-state index contributed by atoms with van der Waals surface area (Å²) >= 11 is 5.77. The summed E-state index contributed by atoms with van der Waals surface area (Å²) in [5, 5.41) is 9.03. The van der Waals surface area contributed by atoms with Gasteiger partial charge in [-0.15, -0.1) is 0 Å². The molecule has 0 fully saturated rings. The lowest BCUT2D eigenvalue weighted by Crippen LogP contribution is -2.10. The average molecular weight is 255 g/mol. The average Bonchev–Trinajstić information content (AvgIpc) is 2.25. The Bertz CT molecular complexity index is 479. The number of ketones is 1. The summed E-state index contributed by atoms with van der Waals surface area (Å²) in [5.74, 6) is -1.07. The molecule has 0 amide bonds. The van der Waals surface area contributed by atoms with E-state index in [-0.39, 0.29) is 23.7 Å². The number of halogens is 1. The SMILES string of the molecule is C=C(COc1cc(Cl)ccc1C(C)=O)C(=O)O. The Hall–Kier alpha value is -1.81. The Morgan fingerprint density at radius 2 is 2.12 bits per heavy atom. The monoisotopic (exact) mass is 254 g/mol. The molecular weight excluding hydrogens is 244 g/mol. The molecule has 0 saturated carbocycles. The molecule has 4 nitrogen and oxygen atoms in total. The van der Waals surface area contributed by atoms with Crippen molar-refractivity contribution in [1.29, 1.82) is 0 Å². The van der Waals surface area contributed by atoms with Gasteiger partial charge in [-0.2, -0.15) is 0 Å². The third-order valence-corrected chi connectivity index (χ3v) is 2.26. The molecule has 0 aromatic heterocycles. The summed E-state index contributed by atoms with van der Waals surface area (Å²) in [7, 11) is 0. The Labute approximate surface area is 103 Å². The zero-order valence-electron chi connectivity index (χ0n) is 9.20. The van der Waals surface area contributed by atoms with E-state index in [0.29, 0.717) is 10.6 Å². The first-order valence-electron chi connectivity index (χ1n) is 4.76. The summed E-state index contributed by atoms with van der Waals surface area (Å²) in [6, 6.07) is 4.56. The number of hydrogen-bond donors (Lipinski definition) is 1. The number of rotatable bonds is 5. The van der Waals surface area contributed by atoms with E-state index >= 15 is 0 Å². The summed E-state index contributed by atoms with van der Waals surface area (Å²) in [6.45, 7) is 4.52. The molecule has 0 atom stereocenters. The highest BCUT2D eigenvalue weighted by atomic mass is 35.5. The smallest absolute Gasteiger partial charge is 0.334 e. The molecule has 17 heavy (non-hydrogen) atoms. The second-order valence-corrected chi connectivity index (χ2v) is 3.83. The van der Waals surface area contributed by atoms with Gasteiger partial charge in [0.2, 0.25) is 0 Å². The van der Waals surface area contributed by atoms with Gasteiger partial charge in [0.15, 0.2) is 5.78 Å². The van der Waals surface area contributed by atoms with Crippen molar-refractivity contribution in [3.05, 3.63) is 40.9 Å². The van der Waals surface area contributed by atoms with Crippen molar-refractivity contribution in [2.24, 2.45) is 0 Å². The zero-order chi connectivity index (χ0) is 13.0. The van der Waals surface area contributed by atoms with Gasteiger partial charge in [-0.25, -0.2) is 4.79 Å². The molecular formula is C12H11ClO4. The number of aliphatic carboxylic acids is 1. The number of carbonyl (C=O) groups is 2. The highest BCUT2D eigenvalue weighted by Crippen LogP contribution is 2.24. The molecule has 1 aromatic carbocycles. The molecule has 0 saturated heterocycles. The molecule has 0 bridgehead atoms. The van der Waals surface area contributed by atoms with Crippen molar-refractivity contribution >= 4 is 23.4 Å². The van der Waals surface area contributed by atoms with E-state index in [0.717, 1.165) is 0 Å². The number of carboxylic acid groups (broad SMARTS) is 1. The second-order valence-electron chi connectivity index (χ2n) is 3.39. The van der Waals surface area contributed by atoms with E-state index in [1.807, 2.05) is 0 Å². The van der Waals surface area contributed by atoms with E-state index in [4.69, 9.17) is 21.4 Å². The molecule has 0 aliphatic rings. The summed E-state index contributed by atoms with van der Waals surface area (Å²) in [5.41, 5.74) is 0.257. The Balaban J connectivity index is 2.89. The van der Waals surface area contributed by atoms with Crippen LogP contribution in [0.15, 0.2) is 30.4 Å². The molecule has 5 heteroatoms. The standard InChI is InChI=1S/C12H11ClO4/c1-7(12(15)16)6-17-11-5-9(13)3-4-10(11)8(2)14/h3-5H,1,6H2,2H3,(H,15,16). The first kappa shape index (κ1) is 13.3. The zero-order valence-corrected chi connectivity index (χ0v) is 9.95. The van der Waals surface area contributed by atoms with Gasteiger partial charge < -0.3 is 9.84 Å². The molecule has 1 aromatic rings. The summed E-state index contributed by atoms with van der Waals surface area (Å²) in [4.78, 5) is 21.8. The lowest BCUT2D eigenvalue weighted by molar-refractivity contribution is -0.133. The van der Waals surface area contributed by atoms with Crippen LogP contribution in [0.4, 0.5) is 0 Å². The van der Waals surface area contributed by atoms with Crippen LogP contribution in [0, 0.1) is 0 Å². The van der Waals surface area contributed by atoms with Crippen molar-refractivity contribution < 1.29 is 19.4 Å². The third kappa shape index (κ3) is 3.60. The van der Waals surface area contributed by atoms with Crippen LogP contribution in [-0.4, -0.2) is 23.5 Å². The van der Waals surface area contributed by atoms with Crippen LogP contribution >= 0.6 is 11.6 Å². The van der Waals surface area contributed by atoms with Crippen LogP contribution in [-0.2, 0) is 4.79 Å². The Morgan fingerprint density at radius 3 is 2.65 bits per heavy atom. The lowest BCUT2D eigenvalue weighted by atomic mass is 10.1. The Morgan fingerprint density at radius 1 is 1.47 bits per heavy atom. The quantitative estimate of drug-likeness (QED) is 0.648. The van der Waals surface area contributed by atoms with E-state index in [2.05, 4.69) is 6.58 Å². The van der Waals surface area contributed by atoms with Crippen molar-refractivity contribution in [2.45, 2.75) is 6.92 Å². The van der Waals surface area contributed by atoms with Crippen LogP contribution in [0.3, 0.4) is 0 Å². The fraction of sp³-hybridized carbons (Fsp3) is 0.167. The van der Waals surface area contributed by atoms with Crippen molar-refractivity contribution in [3.8, 4) is 5.75 Å². The van der Waals surface area contributed by atoms with Crippen LogP contribution < -0.4 is 4.74 Å². The van der Waals surface area contributed by atoms with Crippen LogP contribution in [0.1, 0.15) is 17.3 Å². The molecule has 0 unspecified atom stereocenters. The van der Waals surface area contributed by atoms with Crippen LogP contribution in [0.5, 0.6) is 5.75 Å². The van der Waals surface area contributed by atoms with E-state index in [1.165, 1.54) is 19.1 Å². The lowest BCUT2D eigenvalue weighted by Gasteiger charge is -2.09. The highest BCUT2D eigenvalue weighted by molar-refractivity contribution is 6.30. The first-order chi connectivity index (χ1) is 7.91. The van der Waals surface area contributed by atoms with Crippen molar-refractivity contribution in [2.75, 3.05) is 6.61 Å². The first-order valence-corrected chi connectivity index (χ1v) is 5.14. The van der Waals surface area contributed by atoms with Crippen LogP contribution in [0.25, 0.3) is 0 Å². The number of Topliss-reactive ketones (excluding diaryl/α,β-unsaturated/α-hetero) is 1. The van der Waals surface area contributed by atoms with Gasteiger partial charge in [-0.1, -0.05) is 18.2 Å². The molecule has 0 spiro atoms. The van der Waals surface area contributed by atoms with Crippen molar-refractivity contribution in [3.63, 3.8) is 0 Å². The van der Waals surface area contributed by atoms with Gasteiger partial charge in [0, 0.05) is 5.02 Å². The van der Waals surface area contributed by atoms with Gasteiger partial charge in [-0.05, 0) is 25.1 Å². The minimum Gasteiger partial charge on any atom is -0.488 e. The van der Waals surface area contributed by atoms with E-state index in [1.54, 1.807) is 6.07 Å². The topological polar surface area (TPSA) is 63.6 Å². The molecule has 0 aliphatic carbocycles. The van der Waals surface area contributed by atoms with E-state index < -0.39 is 5.97 Å². The Kier molecular flexibility index (Phi) is 4.29. The predicted molar refractivity (Wildman–Crippen MR) is 63.7 cm³/mol. The number of carboxylic acids is 1. The van der Waals surface area contributed by atoms with Crippen molar-refractivity contribution in [1.82, 2.24) is 0 Å². The van der Waals surface area contributed by atoms with Gasteiger partial charge in [0.25, 0.3) is 0 Å². The van der Waals surface area contributed by atoms with E-state index in [9.17, 15) is 9.59 Å². The van der Waals surface area contributed by atoms with Crippen LogP contribution in [0.2, 0.25) is 5.02 Å².